The summed E-state index contributed by atoms with van der Waals surface area (Å²) in [6, 6.07) is 73.6. The quantitative estimate of drug-likeness (QED) is 0.161. The van der Waals surface area contributed by atoms with Crippen molar-refractivity contribution in [2.24, 2.45) is 0 Å². The van der Waals surface area contributed by atoms with Gasteiger partial charge in [-0.1, -0.05) is 146 Å². The second kappa shape index (κ2) is 12.4. The van der Waals surface area contributed by atoms with E-state index in [1.54, 1.807) is 0 Å². The van der Waals surface area contributed by atoms with Crippen LogP contribution in [0.5, 0.6) is 0 Å². The number of nitrogens with zero attached hydrogens (tertiary/aromatic N) is 1. The van der Waals surface area contributed by atoms with Gasteiger partial charge < -0.3 is 4.90 Å². The number of para-hydroxylation sites is 1. The largest absolute Gasteiger partial charge is 0.309 e. The van der Waals surface area contributed by atoms with Gasteiger partial charge in [-0.15, -0.1) is 11.3 Å². The fourth-order valence-electron chi connectivity index (χ4n) is 8.43. The number of thiophene rings is 1. The Hall–Kier alpha value is -6.74. The third-order valence-electron chi connectivity index (χ3n) is 11.0. The molecular weight excluding hydrogens is 671 g/mol. The fraction of sp³-hybridized carbons (Fsp3) is 0. The van der Waals surface area contributed by atoms with Crippen molar-refractivity contribution in [1.82, 2.24) is 0 Å². The predicted octanol–water partition coefficient (Wildman–Crippen LogP) is 15.5. The van der Waals surface area contributed by atoms with Crippen molar-refractivity contribution in [2.75, 3.05) is 4.90 Å². The molecule has 1 heterocycles. The van der Waals surface area contributed by atoms with Crippen molar-refractivity contribution < 1.29 is 0 Å². The summed E-state index contributed by atoms with van der Waals surface area (Å²) >= 11 is 1.88. The Morgan fingerprint density at radius 2 is 0.926 bits per heavy atom. The molecule has 0 fully saturated rings. The van der Waals surface area contributed by atoms with E-state index in [0.717, 1.165) is 11.4 Å². The monoisotopic (exact) mass is 703 g/mol. The summed E-state index contributed by atoms with van der Waals surface area (Å²) in [5.41, 5.74) is 8.27. The molecule has 0 saturated heterocycles. The molecule has 0 saturated carbocycles. The van der Waals surface area contributed by atoms with Gasteiger partial charge in [-0.05, 0) is 114 Å². The summed E-state index contributed by atoms with van der Waals surface area (Å²) in [6.07, 6.45) is 0. The SMILES string of the molecule is c1ccc(N(c2ccc(-c3ccc4ccccc4c3)cc2)c2cccc3sc4cc5ccccc5cc4c23)c(-c2cc3ccccc3c3ccccc23)c1. The minimum atomic E-state index is 1.12. The zero-order chi connectivity index (χ0) is 35.6. The molecular formula is C52H33NS. The van der Waals surface area contributed by atoms with Gasteiger partial charge in [-0.2, -0.15) is 0 Å². The van der Waals surface area contributed by atoms with E-state index in [2.05, 4.69) is 205 Å². The van der Waals surface area contributed by atoms with Gasteiger partial charge in [-0.3, -0.25) is 0 Å². The Balaban J connectivity index is 1.17. The Morgan fingerprint density at radius 1 is 0.315 bits per heavy atom. The predicted molar refractivity (Wildman–Crippen MR) is 235 cm³/mol. The van der Waals surface area contributed by atoms with Crippen molar-refractivity contribution in [3.63, 3.8) is 0 Å². The van der Waals surface area contributed by atoms with Gasteiger partial charge in [-0.25, -0.2) is 0 Å². The maximum Gasteiger partial charge on any atom is 0.0555 e. The lowest BCUT2D eigenvalue weighted by atomic mass is 9.92. The standard InChI is InChI=1S/C52H33NS/c1-2-13-36-30-39(25-24-34(36)12-1)35-26-28-41(29-27-35)53(49-22-11-23-50-52(49)47-31-37-14-3-4-15-38(37)33-51(47)54-50)48-21-10-9-20-45(48)46-32-40-16-5-6-17-42(40)43-18-7-8-19-44(43)46/h1-33H. The van der Waals surface area contributed by atoms with Gasteiger partial charge in [0.1, 0.15) is 0 Å². The first-order valence-corrected chi connectivity index (χ1v) is 19.3. The van der Waals surface area contributed by atoms with Crippen molar-refractivity contribution in [2.45, 2.75) is 0 Å². The summed E-state index contributed by atoms with van der Waals surface area (Å²) in [7, 11) is 0. The number of anilines is 3. The smallest absolute Gasteiger partial charge is 0.0555 e. The number of rotatable bonds is 5. The van der Waals surface area contributed by atoms with E-state index in [4.69, 9.17) is 0 Å². The van der Waals surface area contributed by atoms with Crippen LogP contribution in [0.2, 0.25) is 0 Å². The van der Waals surface area contributed by atoms with E-state index < -0.39 is 0 Å². The van der Waals surface area contributed by atoms with Crippen LogP contribution < -0.4 is 4.90 Å². The molecule has 10 aromatic carbocycles. The van der Waals surface area contributed by atoms with Crippen LogP contribution in [0.1, 0.15) is 0 Å². The highest BCUT2D eigenvalue weighted by Gasteiger charge is 2.22. The highest BCUT2D eigenvalue weighted by molar-refractivity contribution is 7.26. The summed E-state index contributed by atoms with van der Waals surface area (Å²) in [6.45, 7) is 0. The first-order valence-electron chi connectivity index (χ1n) is 18.5. The molecule has 2 heteroatoms. The van der Waals surface area contributed by atoms with Crippen molar-refractivity contribution in [3.8, 4) is 22.3 Å². The van der Waals surface area contributed by atoms with Crippen LogP contribution in [0.4, 0.5) is 17.1 Å². The molecule has 11 aromatic rings. The molecule has 54 heavy (non-hydrogen) atoms. The molecule has 0 unspecified atom stereocenters. The van der Waals surface area contributed by atoms with E-state index in [0.29, 0.717) is 0 Å². The van der Waals surface area contributed by atoms with Crippen LogP contribution >= 0.6 is 11.3 Å². The molecule has 0 spiro atoms. The number of fused-ring (bicyclic) bond motifs is 8. The number of hydrogen-bond acceptors (Lipinski definition) is 2. The van der Waals surface area contributed by atoms with Crippen molar-refractivity contribution in [3.05, 3.63) is 200 Å². The average molecular weight is 704 g/mol. The van der Waals surface area contributed by atoms with Gasteiger partial charge in [0.25, 0.3) is 0 Å². The maximum atomic E-state index is 2.49. The van der Waals surface area contributed by atoms with Crippen molar-refractivity contribution in [1.29, 1.82) is 0 Å². The number of benzene rings is 10. The third-order valence-corrected chi connectivity index (χ3v) is 12.1. The van der Waals surface area contributed by atoms with E-state index in [-0.39, 0.29) is 0 Å². The van der Waals surface area contributed by atoms with Crippen LogP contribution in [0.3, 0.4) is 0 Å². The fourth-order valence-corrected chi connectivity index (χ4v) is 9.59. The first kappa shape index (κ1) is 30.8. The summed E-state index contributed by atoms with van der Waals surface area (Å²) < 4.78 is 2.58. The zero-order valence-corrected chi connectivity index (χ0v) is 30.2. The molecule has 0 atom stereocenters. The topological polar surface area (TPSA) is 3.24 Å². The lowest BCUT2D eigenvalue weighted by Crippen LogP contribution is -2.11. The van der Waals surface area contributed by atoms with Crippen LogP contribution in [0.25, 0.3) is 85.5 Å². The molecule has 0 N–H and O–H groups in total. The van der Waals surface area contributed by atoms with E-state index in [1.165, 1.54) is 91.2 Å². The molecule has 0 amide bonds. The van der Waals surface area contributed by atoms with Crippen LogP contribution in [0.15, 0.2) is 200 Å². The molecule has 0 aliphatic heterocycles. The van der Waals surface area contributed by atoms with Crippen LogP contribution in [-0.2, 0) is 0 Å². The second-order valence-corrected chi connectivity index (χ2v) is 15.2. The first-order chi connectivity index (χ1) is 26.8. The zero-order valence-electron chi connectivity index (χ0n) is 29.4. The van der Waals surface area contributed by atoms with Gasteiger partial charge in [0.2, 0.25) is 0 Å². The van der Waals surface area contributed by atoms with Crippen molar-refractivity contribution >= 4 is 91.7 Å². The minimum absolute atomic E-state index is 1.12. The highest BCUT2D eigenvalue weighted by Crippen LogP contribution is 2.49. The molecule has 11 rings (SSSR count). The van der Waals surface area contributed by atoms with E-state index >= 15 is 0 Å². The van der Waals surface area contributed by atoms with Crippen LogP contribution in [0, 0.1) is 0 Å². The average Bonchev–Trinajstić information content (AvgIpc) is 3.61. The molecule has 0 bridgehead atoms. The summed E-state index contributed by atoms with van der Waals surface area (Å²) in [5.74, 6) is 0. The lowest BCUT2D eigenvalue weighted by molar-refractivity contribution is 1.30. The van der Waals surface area contributed by atoms with Gasteiger partial charge in [0.05, 0.1) is 11.4 Å². The van der Waals surface area contributed by atoms with Gasteiger partial charge in [0.15, 0.2) is 0 Å². The normalized spacial score (nSPS) is 11.7. The molecule has 0 aliphatic rings. The summed E-state index contributed by atoms with van der Waals surface area (Å²) in [4.78, 5) is 2.49. The third kappa shape index (κ3) is 4.99. The molecule has 1 nitrogen and oxygen atoms in total. The molecule has 0 radical (unpaired) electrons. The van der Waals surface area contributed by atoms with Gasteiger partial charge >= 0.3 is 0 Å². The van der Waals surface area contributed by atoms with Crippen LogP contribution in [-0.4, -0.2) is 0 Å². The maximum absolute atomic E-state index is 2.49. The molecule has 1 aromatic heterocycles. The Kier molecular flexibility index (Phi) is 7.11. The Labute approximate surface area is 317 Å². The molecule has 252 valence electrons. The second-order valence-electron chi connectivity index (χ2n) is 14.1. The summed E-state index contributed by atoms with van der Waals surface area (Å²) in [5, 5.41) is 12.6. The van der Waals surface area contributed by atoms with E-state index in [1.807, 2.05) is 11.3 Å². The Bertz CT molecular complexity index is 3230. The van der Waals surface area contributed by atoms with E-state index in [9.17, 15) is 0 Å². The Morgan fingerprint density at radius 3 is 1.74 bits per heavy atom. The lowest BCUT2D eigenvalue weighted by Gasteiger charge is -2.29. The van der Waals surface area contributed by atoms with Gasteiger partial charge in [0, 0.05) is 31.4 Å². The highest BCUT2D eigenvalue weighted by atomic mass is 32.1. The number of hydrogen-bond donors (Lipinski definition) is 0. The minimum Gasteiger partial charge on any atom is -0.309 e. The molecule has 0 aliphatic carbocycles.